The Morgan fingerprint density at radius 1 is 1.24 bits per heavy atom. The van der Waals surface area contributed by atoms with Crippen molar-refractivity contribution < 1.29 is 0 Å². The van der Waals surface area contributed by atoms with E-state index in [2.05, 4.69) is 15.3 Å². The van der Waals surface area contributed by atoms with Crippen LogP contribution < -0.4 is 5.32 Å². The van der Waals surface area contributed by atoms with Gasteiger partial charge < -0.3 is 5.32 Å². The molecule has 1 N–H and O–H groups in total. The summed E-state index contributed by atoms with van der Waals surface area (Å²) in [5, 5.41) is 4.02. The molecule has 0 amide bonds. The van der Waals surface area contributed by atoms with Gasteiger partial charge in [-0.15, -0.1) is 0 Å². The average Bonchev–Trinajstić information content (AvgIpc) is 2.32. The summed E-state index contributed by atoms with van der Waals surface area (Å²) in [6.45, 7) is 4.51. The molecule has 0 aliphatic rings. The monoisotopic (exact) mass is 247 g/mol. The first-order valence-electron chi connectivity index (χ1n) is 5.44. The lowest BCUT2D eigenvalue weighted by Gasteiger charge is -2.09. The van der Waals surface area contributed by atoms with Crippen LogP contribution in [-0.2, 0) is 6.54 Å². The molecule has 0 bridgehead atoms. The first-order chi connectivity index (χ1) is 8.16. The van der Waals surface area contributed by atoms with Gasteiger partial charge in [-0.05, 0) is 25.5 Å². The van der Waals surface area contributed by atoms with Crippen LogP contribution in [0.25, 0.3) is 0 Å². The predicted octanol–water partition coefficient (Wildman–Crippen LogP) is 3.36. The molecule has 0 atom stereocenters. The molecule has 88 valence electrons. The zero-order valence-electron chi connectivity index (χ0n) is 9.87. The quantitative estimate of drug-likeness (QED) is 0.904. The number of benzene rings is 1. The summed E-state index contributed by atoms with van der Waals surface area (Å²) in [4.78, 5) is 8.66. The van der Waals surface area contributed by atoms with Gasteiger partial charge >= 0.3 is 0 Å². The molecule has 3 nitrogen and oxygen atoms in total. The van der Waals surface area contributed by atoms with E-state index >= 15 is 0 Å². The zero-order valence-corrected chi connectivity index (χ0v) is 10.6. The third-order valence-electron chi connectivity index (χ3n) is 2.48. The van der Waals surface area contributed by atoms with Crippen molar-refractivity contribution in [1.82, 2.24) is 9.97 Å². The van der Waals surface area contributed by atoms with Gasteiger partial charge in [-0.1, -0.05) is 29.8 Å². The lowest BCUT2D eigenvalue weighted by Crippen LogP contribution is -2.05. The van der Waals surface area contributed by atoms with Crippen molar-refractivity contribution in [2.24, 2.45) is 0 Å². The molecule has 0 saturated carbocycles. The van der Waals surface area contributed by atoms with Crippen molar-refractivity contribution in [3.05, 3.63) is 52.4 Å². The molecule has 0 unspecified atom stereocenters. The predicted molar refractivity (Wildman–Crippen MR) is 70.3 cm³/mol. The number of hydrogen-bond acceptors (Lipinski definition) is 3. The van der Waals surface area contributed by atoms with Crippen LogP contribution in [0, 0.1) is 13.8 Å². The minimum Gasteiger partial charge on any atom is -0.364 e. The van der Waals surface area contributed by atoms with Crippen LogP contribution in [-0.4, -0.2) is 9.97 Å². The summed E-state index contributed by atoms with van der Waals surface area (Å²) in [5.74, 6) is 0.810. The number of hydrogen-bond donors (Lipinski definition) is 1. The number of aromatic nitrogens is 2. The van der Waals surface area contributed by atoms with Gasteiger partial charge in [0, 0.05) is 17.8 Å². The highest BCUT2D eigenvalue weighted by atomic mass is 35.5. The van der Waals surface area contributed by atoms with E-state index in [1.54, 1.807) is 6.20 Å². The van der Waals surface area contributed by atoms with Crippen molar-refractivity contribution in [2.75, 3.05) is 5.32 Å². The van der Waals surface area contributed by atoms with Crippen LogP contribution in [0.3, 0.4) is 0 Å². The molecule has 0 aliphatic heterocycles. The summed E-state index contributed by atoms with van der Waals surface area (Å²) in [7, 11) is 0. The first-order valence-corrected chi connectivity index (χ1v) is 5.82. The zero-order chi connectivity index (χ0) is 12.3. The standard InChI is InChI=1S/C13H14ClN3/c1-9-7-15-10(2)13(17-9)16-8-11-5-3-4-6-12(11)14/h3-7H,8H2,1-2H3,(H,16,17). The number of nitrogens with zero attached hydrogens (tertiary/aromatic N) is 2. The Labute approximate surface area is 106 Å². The second kappa shape index (κ2) is 5.15. The maximum atomic E-state index is 6.09. The SMILES string of the molecule is Cc1cnc(C)c(NCc2ccccc2Cl)n1. The Bertz CT molecular complexity index is 526. The third kappa shape index (κ3) is 2.94. The van der Waals surface area contributed by atoms with E-state index in [9.17, 15) is 0 Å². The van der Waals surface area contributed by atoms with Crippen LogP contribution in [0.5, 0.6) is 0 Å². The van der Waals surface area contributed by atoms with Crippen LogP contribution in [0.4, 0.5) is 5.82 Å². The van der Waals surface area contributed by atoms with Gasteiger partial charge in [0.05, 0.1) is 11.4 Å². The smallest absolute Gasteiger partial charge is 0.148 e. The number of aryl methyl sites for hydroxylation is 2. The maximum Gasteiger partial charge on any atom is 0.148 e. The minimum absolute atomic E-state index is 0.651. The van der Waals surface area contributed by atoms with Gasteiger partial charge in [-0.3, -0.25) is 4.98 Å². The van der Waals surface area contributed by atoms with Crippen molar-refractivity contribution in [3.8, 4) is 0 Å². The number of rotatable bonds is 3. The van der Waals surface area contributed by atoms with Crippen molar-refractivity contribution in [2.45, 2.75) is 20.4 Å². The fraction of sp³-hybridized carbons (Fsp3) is 0.231. The molecule has 0 saturated heterocycles. The molecular weight excluding hydrogens is 234 g/mol. The van der Waals surface area contributed by atoms with E-state index < -0.39 is 0 Å². The minimum atomic E-state index is 0.651. The molecule has 0 aliphatic carbocycles. The van der Waals surface area contributed by atoms with E-state index in [1.165, 1.54) is 0 Å². The normalized spacial score (nSPS) is 10.3. The van der Waals surface area contributed by atoms with Crippen LogP contribution >= 0.6 is 11.6 Å². The lowest BCUT2D eigenvalue weighted by atomic mass is 10.2. The van der Waals surface area contributed by atoms with Crippen molar-refractivity contribution >= 4 is 17.4 Å². The third-order valence-corrected chi connectivity index (χ3v) is 2.85. The fourth-order valence-corrected chi connectivity index (χ4v) is 1.73. The Balaban J connectivity index is 2.12. The van der Waals surface area contributed by atoms with Gasteiger partial charge in [0.1, 0.15) is 5.82 Å². The number of nitrogens with one attached hydrogen (secondary N) is 1. The molecule has 0 fully saturated rings. The average molecular weight is 248 g/mol. The number of anilines is 1. The molecule has 0 spiro atoms. The topological polar surface area (TPSA) is 37.8 Å². The van der Waals surface area contributed by atoms with E-state index in [4.69, 9.17) is 11.6 Å². The second-order valence-electron chi connectivity index (χ2n) is 3.89. The Hall–Kier alpha value is -1.61. The van der Waals surface area contributed by atoms with Gasteiger partial charge in [-0.2, -0.15) is 0 Å². The van der Waals surface area contributed by atoms with Crippen LogP contribution in [0.15, 0.2) is 30.5 Å². The Morgan fingerprint density at radius 3 is 2.76 bits per heavy atom. The molecule has 4 heteroatoms. The molecule has 2 aromatic rings. The Kier molecular flexibility index (Phi) is 3.59. The van der Waals surface area contributed by atoms with Gasteiger partial charge in [0.15, 0.2) is 0 Å². The van der Waals surface area contributed by atoms with E-state index in [1.807, 2.05) is 38.1 Å². The van der Waals surface area contributed by atoms with Crippen LogP contribution in [0.1, 0.15) is 17.0 Å². The van der Waals surface area contributed by atoms with Gasteiger partial charge in [-0.25, -0.2) is 4.98 Å². The molecule has 2 rings (SSSR count). The highest BCUT2D eigenvalue weighted by molar-refractivity contribution is 6.31. The highest BCUT2D eigenvalue weighted by Gasteiger charge is 2.03. The summed E-state index contributed by atoms with van der Waals surface area (Å²) in [6.07, 6.45) is 1.76. The Morgan fingerprint density at radius 2 is 2.00 bits per heavy atom. The molecule has 1 aromatic carbocycles. The van der Waals surface area contributed by atoms with E-state index in [-0.39, 0.29) is 0 Å². The molecule has 1 aromatic heterocycles. The lowest BCUT2D eigenvalue weighted by molar-refractivity contribution is 1.02. The number of halogens is 1. The first kappa shape index (κ1) is 11.9. The van der Waals surface area contributed by atoms with Gasteiger partial charge in [0.2, 0.25) is 0 Å². The summed E-state index contributed by atoms with van der Waals surface area (Å²) < 4.78 is 0. The summed E-state index contributed by atoms with van der Waals surface area (Å²) >= 11 is 6.09. The molecular formula is C13H14ClN3. The highest BCUT2D eigenvalue weighted by Crippen LogP contribution is 2.17. The van der Waals surface area contributed by atoms with Crippen molar-refractivity contribution in [3.63, 3.8) is 0 Å². The largest absolute Gasteiger partial charge is 0.364 e. The molecule has 17 heavy (non-hydrogen) atoms. The van der Waals surface area contributed by atoms with Gasteiger partial charge in [0.25, 0.3) is 0 Å². The van der Waals surface area contributed by atoms with E-state index in [0.717, 1.165) is 27.8 Å². The maximum absolute atomic E-state index is 6.09. The fourth-order valence-electron chi connectivity index (χ4n) is 1.53. The summed E-state index contributed by atoms with van der Waals surface area (Å²) in [5.41, 5.74) is 2.84. The van der Waals surface area contributed by atoms with Crippen LogP contribution in [0.2, 0.25) is 5.02 Å². The second-order valence-corrected chi connectivity index (χ2v) is 4.30. The van der Waals surface area contributed by atoms with Crippen molar-refractivity contribution in [1.29, 1.82) is 0 Å². The van der Waals surface area contributed by atoms with E-state index in [0.29, 0.717) is 6.54 Å². The summed E-state index contributed by atoms with van der Waals surface area (Å²) in [6, 6.07) is 7.77. The molecule has 1 heterocycles. The molecule has 0 radical (unpaired) electrons.